The summed E-state index contributed by atoms with van der Waals surface area (Å²) in [4.78, 5) is 16.6. The Morgan fingerprint density at radius 2 is 1.88 bits per heavy atom. The molecule has 4 nitrogen and oxygen atoms in total. The zero-order valence-electron chi connectivity index (χ0n) is 14.5. The van der Waals surface area contributed by atoms with Crippen molar-refractivity contribution in [3.63, 3.8) is 0 Å². The Kier molecular flexibility index (Phi) is 5.87. The maximum Gasteiger partial charge on any atom is 0.255 e. The SMILES string of the molecule is Cc1cccc(C(=O)Nc2ccc(NCCc3ccc(Cl)cc3)nc2)c1. The quantitative estimate of drug-likeness (QED) is 0.649. The van der Waals surface area contributed by atoms with Gasteiger partial charge in [0.15, 0.2) is 0 Å². The highest BCUT2D eigenvalue weighted by Crippen LogP contribution is 2.13. The minimum absolute atomic E-state index is 0.140. The number of carbonyl (C=O) groups is 1. The molecular weight excluding hydrogens is 346 g/mol. The highest BCUT2D eigenvalue weighted by atomic mass is 35.5. The van der Waals surface area contributed by atoms with E-state index in [1.54, 1.807) is 12.3 Å². The number of amides is 1. The lowest BCUT2D eigenvalue weighted by atomic mass is 10.1. The van der Waals surface area contributed by atoms with Gasteiger partial charge in [-0.05, 0) is 55.3 Å². The fourth-order valence-corrected chi connectivity index (χ4v) is 2.67. The van der Waals surface area contributed by atoms with E-state index in [0.717, 1.165) is 29.4 Å². The fraction of sp³-hybridized carbons (Fsp3) is 0.143. The summed E-state index contributed by atoms with van der Waals surface area (Å²) in [6, 6.07) is 19.0. The van der Waals surface area contributed by atoms with E-state index in [2.05, 4.69) is 15.6 Å². The zero-order valence-corrected chi connectivity index (χ0v) is 15.3. The Labute approximate surface area is 158 Å². The number of hydrogen-bond acceptors (Lipinski definition) is 3. The molecule has 1 aromatic heterocycles. The monoisotopic (exact) mass is 365 g/mol. The van der Waals surface area contributed by atoms with Gasteiger partial charge in [-0.1, -0.05) is 41.4 Å². The number of halogens is 1. The molecule has 1 heterocycles. The molecule has 0 unspecified atom stereocenters. The summed E-state index contributed by atoms with van der Waals surface area (Å²) < 4.78 is 0. The van der Waals surface area contributed by atoms with Crippen LogP contribution >= 0.6 is 11.6 Å². The smallest absolute Gasteiger partial charge is 0.255 e. The number of hydrogen-bond donors (Lipinski definition) is 2. The lowest BCUT2D eigenvalue weighted by molar-refractivity contribution is 0.102. The number of carbonyl (C=O) groups excluding carboxylic acids is 1. The molecule has 1 amide bonds. The molecule has 5 heteroatoms. The molecule has 26 heavy (non-hydrogen) atoms. The van der Waals surface area contributed by atoms with Gasteiger partial charge in [-0.25, -0.2) is 4.98 Å². The summed E-state index contributed by atoms with van der Waals surface area (Å²) >= 11 is 5.88. The molecule has 0 atom stereocenters. The molecule has 0 fully saturated rings. The van der Waals surface area contributed by atoms with Crippen molar-refractivity contribution in [1.82, 2.24) is 4.98 Å². The number of aryl methyl sites for hydroxylation is 1. The number of nitrogens with zero attached hydrogens (tertiary/aromatic N) is 1. The van der Waals surface area contributed by atoms with Gasteiger partial charge >= 0.3 is 0 Å². The second-order valence-corrected chi connectivity index (χ2v) is 6.50. The summed E-state index contributed by atoms with van der Waals surface area (Å²) in [5, 5.41) is 6.87. The van der Waals surface area contributed by atoms with E-state index in [9.17, 15) is 4.79 Å². The summed E-state index contributed by atoms with van der Waals surface area (Å²) in [5.74, 6) is 0.631. The number of anilines is 2. The molecule has 2 N–H and O–H groups in total. The molecular formula is C21H20ClN3O. The Morgan fingerprint density at radius 1 is 1.08 bits per heavy atom. The first-order chi connectivity index (χ1) is 12.6. The highest BCUT2D eigenvalue weighted by molar-refractivity contribution is 6.30. The van der Waals surface area contributed by atoms with Crippen LogP contribution in [0.2, 0.25) is 5.02 Å². The predicted octanol–water partition coefficient (Wildman–Crippen LogP) is 4.95. The van der Waals surface area contributed by atoms with Gasteiger partial charge in [0.05, 0.1) is 11.9 Å². The van der Waals surface area contributed by atoms with Gasteiger partial charge in [-0.3, -0.25) is 4.79 Å². The topological polar surface area (TPSA) is 54.0 Å². The van der Waals surface area contributed by atoms with Crippen LogP contribution in [-0.4, -0.2) is 17.4 Å². The van der Waals surface area contributed by atoms with E-state index in [1.807, 2.05) is 61.5 Å². The molecule has 3 rings (SSSR count). The molecule has 3 aromatic rings. The van der Waals surface area contributed by atoms with Gasteiger partial charge in [-0.15, -0.1) is 0 Å². The largest absolute Gasteiger partial charge is 0.370 e. The van der Waals surface area contributed by atoms with Crippen molar-refractivity contribution < 1.29 is 4.79 Å². The lowest BCUT2D eigenvalue weighted by Crippen LogP contribution is -2.12. The van der Waals surface area contributed by atoms with Crippen molar-refractivity contribution in [2.45, 2.75) is 13.3 Å². The van der Waals surface area contributed by atoms with Crippen LogP contribution in [0.4, 0.5) is 11.5 Å². The molecule has 0 bridgehead atoms. The molecule has 0 spiro atoms. The summed E-state index contributed by atoms with van der Waals surface area (Å²) in [6.45, 7) is 2.73. The van der Waals surface area contributed by atoms with Crippen molar-refractivity contribution in [2.75, 3.05) is 17.2 Å². The third-order valence-electron chi connectivity index (χ3n) is 3.93. The van der Waals surface area contributed by atoms with Gasteiger partial charge in [-0.2, -0.15) is 0 Å². The number of benzene rings is 2. The van der Waals surface area contributed by atoms with Crippen LogP contribution in [0.1, 0.15) is 21.5 Å². The van der Waals surface area contributed by atoms with Crippen LogP contribution < -0.4 is 10.6 Å². The first-order valence-electron chi connectivity index (χ1n) is 8.42. The van der Waals surface area contributed by atoms with Crippen molar-refractivity contribution >= 4 is 29.0 Å². The average Bonchev–Trinajstić information content (AvgIpc) is 2.65. The van der Waals surface area contributed by atoms with Crippen LogP contribution in [0.25, 0.3) is 0 Å². The summed E-state index contributed by atoms with van der Waals surface area (Å²) in [5.41, 5.74) is 3.56. The second kappa shape index (κ2) is 8.50. The molecule has 0 aliphatic heterocycles. The van der Waals surface area contributed by atoms with Crippen LogP contribution in [0.15, 0.2) is 66.9 Å². The summed E-state index contributed by atoms with van der Waals surface area (Å²) in [6.07, 6.45) is 2.53. The number of nitrogens with one attached hydrogen (secondary N) is 2. The first kappa shape index (κ1) is 18.0. The van der Waals surface area contributed by atoms with E-state index < -0.39 is 0 Å². The number of rotatable bonds is 6. The van der Waals surface area contributed by atoms with Crippen molar-refractivity contribution in [2.24, 2.45) is 0 Å². The van der Waals surface area contributed by atoms with Gasteiger partial charge in [0.1, 0.15) is 5.82 Å². The zero-order chi connectivity index (χ0) is 18.4. The van der Waals surface area contributed by atoms with Crippen LogP contribution in [0, 0.1) is 6.92 Å². The van der Waals surface area contributed by atoms with Crippen LogP contribution in [0.3, 0.4) is 0 Å². The normalized spacial score (nSPS) is 10.4. The average molecular weight is 366 g/mol. The minimum Gasteiger partial charge on any atom is -0.370 e. The Morgan fingerprint density at radius 3 is 2.58 bits per heavy atom. The molecule has 132 valence electrons. The van der Waals surface area contributed by atoms with E-state index in [4.69, 9.17) is 11.6 Å². The highest BCUT2D eigenvalue weighted by Gasteiger charge is 2.06. The van der Waals surface area contributed by atoms with Gasteiger partial charge in [0, 0.05) is 17.1 Å². The predicted molar refractivity (Wildman–Crippen MR) is 107 cm³/mol. The van der Waals surface area contributed by atoms with Crippen molar-refractivity contribution in [3.05, 3.63) is 88.6 Å². The van der Waals surface area contributed by atoms with Gasteiger partial charge in [0.25, 0.3) is 5.91 Å². The van der Waals surface area contributed by atoms with Crippen molar-refractivity contribution in [3.8, 4) is 0 Å². The van der Waals surface area contributed by atoms with Gasteiger partial charge in [0.2, 0.25) is 0 Å². The van der Waals surface area contributed by atoms with Crippen LogP contribution in [0.5, 0.6) is 0 Å². The standard InChI is InChI=1S/C21H20ClN3O/c1-15-3-2-4-17(13-15)21(26)25-19-9-10-20(24-14-19)23-12-11-16-5-7-18(22)8-6-16/h2-10,13-14H,11-12H2,1H3,(H,23,24)(H,25,26). The summed E-state index contributed by atoms with van der Waals surface area (Å²) in [7, 11) is 0. The third-order valence-corrected chi connectivity index (χ3v) is 4.19. The number of pyridine rings is 1. The lowest BCUT2D eigenvalue weighted by Gasteiger charge is -2.08. The van der Waals surface area contributed by atoms with Gasteiger partial charge < -0.3 is 10.6 Å². The molecule has 0 aliphatic carbocycles. The third kappa shape index (κ3) is 5.07. The molecule has 0 radical (unpaired) electrons. The van der Waals surface area contributed by atoms with Crippen LogP contribution in [-0.2, 0) is 6.42 Å². The van der Waals surface area contributed by atoms with E-state index in [1.165, 1.54) is 5.56 Å². The molecule has 2 aromatic carbocycles. The van der Waals surface area contributed by atoms with E-state index in [-0.39, 0.29) is 5.91 Å². The Balaban J connectivity index is 1.51. The van der Waals surface area contributed by atoms with Crippen molar-refractivity contribution in [1.29, 1.82) is 0 Å². The first-order valence-corrected chi connectivity index (χ1v) is 8.80. The molecule has 0 saturated carbocycles. The number of aromatic nitrogens is 1. The van der Waals surface area contributed by atoms with E-state index in [0.29, 0.717) is 11.3 Å². The fourth-order valence-electron chi connectivity index (χ4n) is 2.55. The minimum atomic E-state index is -0.140. The maximum atomic E-state index is 12.2. The second-order valence-electron chi connectivity index (χ2n) is 6.06. The maximum absolute atomic E-state index is 12.2. The Hall–Kier alpha value is -2.85. The Bertz CT molecular complexity index is 877. The molecule has 0 aliphatic rings. The van der Waals surface area contributed by atoms with E-state index >= 15 is 0 Å². The molecule has 0 saturated heterocycles.